The molecule has 4 heteroatoms. The molecule has 0 aliphatic heterocycles. The van der Waals surface area contributed by atoms with E-state index in [0.29, 0.717) is 0 Å². The first-order valence-electron chi connectivity index (χ1n) is 5.37. The van der Waals surface area contributed by atoms with Crippen LogP contribution in [-0.2, 0) is 0 Å². The molecular weight excluding hydrogens is 224 g/mol. The normalized spacial score (nSPS) is 9.28. The van der Waals surface area contributed by atoms with Gasteiger partial charge in [-0.15, -0.1) is 0 Å². The summed E-state index contributed by atoms with van der Waals surface area (Å²) >= 11 is 0. The second-order valence-electron chi connectivity index (χ2n) is 3.79. The Bertz CT molecular complexity index is 686. The maximum absolute atomic E-state index is 8.65. The molecule has 0 fully saturated rings. The molecule has 0 aliphatic rings. The van der Waals surface area contributed by atoms with E-state index in [1.807, 2.05) is 31.2 Å². The lowest BCUT2D eigenvalue weighted by Crippen LogP contribution is -1.93. The van der Waals surface area contributed by atoms with Crippen LogP contribution >= 0.6 is 0 Å². The van der Waals surface area contributed by atoms with Gasteiger partial charge in [0.15, 0.2) is 0 Å². The van der Waals surface area contributed by atoms with Gasteiger partial charge in [-0.3, -0.25) is 4.98 Å². The van der Waals surface area contributed by atoms with Crippen LogP contribution < -0.4 is 5.32 Å². The first-order valence-corrected chi connectivity index (χ1v) is 5.37. The number of fused-ring (bicyclic) bond motifs is 1. The van der Waals surface area contributed by atoms with Crippen molar-refractivity contribution in [2.24, 2.45) is 0 Å². The average Bonchev–Trinajstić information content (AvgIpc) is 2.40. The first-order chi connectivity index (χ1) is 8.74. The zero-order valence-corrected chi connectivity index (χ0v) is 9.81. The predicted molar refractivity (Wildman–Crippen MR) is 69.4 cm³/mol. The van der Waals surface area contributed by atoms with Crippen molar-refractivity contribution in [1.29, 1.82) is 10.5 Å². The Morgan fingerprint density at radius 1 is 1.33 bits per heavy atom. The summed E-state index contributed by atoms with van der Waals surface area (Å²) < 4.78 is 0. The van der Waals surface area contributed by atoms with Crippen molar-refractivity contribution in [1.82, 2.24) is 4.98 Å². The van der Waals surface area contributed by atoms with E-state index < -0.39 is 0 Å². The summed E-state index contributed by atoms with van der Waals surface area (Å²) in [6, 6.07) is 11.4. The maximum atomic E-state index is 8.65. The van der Waals surface area contributed by atoms with Gasteiger partial charge >= 0.3 is 0 Å². The van der Waals surface area contributed by atoms with Crippen LogP contribution in [0.2, 0.25) is 0 Å². The van der Waals surface area contributed by atoms with Gasteiger partial charge in [-0.05, 0) is 30.7 Å². The number of aromatic nitrogens is 1. The van der Waals surface area contributed by atoms with Crippen molar-refractivity contribution in [2.75, 3.05) is 5.32 Å². The minimum absolute atomic E-state index is 0.0375. The molecule has 0 unspecified atom stereocenters. The Labute approximate surface area is 105 Å². The van der Waals surface area contributed by atoms with Gasteiger partial charge in [0.1, 0.15) is 17.7 Å². The second-order valence-corrected chi connectivity index (χ2v) is 3.79. The predicted octanol–water partition coefficient (Wildman–Crippen LogP) is 2.89. The highest BCUT2D eigenvalue weighted by molar-refractivity contribution is 5.84. The summed E-state index contributed by atoms with van der Waals surface area (Å²) in [7, 11) is 0. The summed E-state index contributed by atoms with van der Waals surface area (Å²) in [5.74, 6) is 0. The van der Waals surface area contributed by atoms with Crippen LogP contribution in [0.15, 0.2) is 42.2 Å². The average molecular weight is 234 g/mol. The zero-order valence-electron chi connectivity index (χ0n) is 9.81. The van der Waals surface area contributed by atoms with Gasteiger partial charge in [0.25, 0.3) is 0 Å². The number of hydrogen-bond acceptors (Lipinski definition) is 4. The number of rotatable bonds is 2. The molecule has 2 rings (SSSR count). The topological polar surface area (TPSA) is 72.5 Å². The van der Waals surface area contributed by atoms with Crippen LogP contribution in [0.4, 0.5) is 5.69 Å². The Balaban J connectivity index is 2.41. The zero-order chi connectivity index (χ0) is 13.0. The van der Waals surface area contributed by atoms with E-state index >= 15 is 0 Å². The molecule has 0 aliphatic carbocycles. The number of aryl methyl sites for hydroxylation is 1. The van der Waals surface area contributed by atoms with Gasteiger partial charge in [-0.25, -0.2) is 0 Å². The lowest BCUT2D eigenvalue weighted by molar-refractivity contribution is 1.38. The number of pyridine rings is 1. The molecule has 0 saturated carbocycles. The van der Waals surface area contributed by atoms with Gasteiger partial charge < -0.3 is 5.32 Å². The van der Waals surface area contributed by atoms with Crippen molar-refractivity contribution in [3.05, 3.63) is 47.8 Å². The molecular formula is C14H10N4. The van der Waals surface area contributed by atoms with E-state index in [2.05, 4.69) is 10.3 Å². The third kappa shape index (κ3) is 2.28. The standard InChI is InChI=1S/C14H10N4/c1-10-5-12-3-2-4-17-14(12)6-13(10)18-9-11(7-15)8-16/h2-6,9,18H,1H3. The van der Waals surface area contributed by atoms with Gasteiger partial charge in [0, 0.05) is 23.5 Å². The molecule has 1 N–H and O–H groups in total. The molecule has 4 nitrogen and oxygen atoms in total. The van der Waals surface area contributed by atoms with E-state index in [1.54, 1.807) is 18.3 Å². The quantitative estimate of drug-likeness (QED) is 0.811. The fourth-order valence-corrected chi connectivity index (χ4v) is 1.63. The Morgan fingerprint density at radius 3 is 2.83 bits per heavy atom. The first kappa shape index (κ1) is 11.6. The summed E-state index contributed by atoms with van der Waals surface area (Å²) in [6.45, 7) is 1.96. The fourth-order valence-electron chi connectivity index (χ4n) is 1.63. The van der Waals surface area contributed by atoms with Crippen molar-refractivity contribution in [3.8, 4) is 12.1 Å². The van der Waals surface area contributed by atoms with E-state index in [1.165, 1.54) is 6.20 Å². The molecule has 0 saturated heterocycles. The van der Waals surface area contributed by atoms with E-state index in [-0.39, 0.29) is 5.57 Å². The molecule has 1 aromatic carbocycles. The lowest BCUT2D eigenvalue weighted by Gasteiger charge is -2.07. The monoisotopic (exact) mass is 234 g/mol. The Hall–Kier alpha value is -2.85. The second kappa shape index (κ2) is 4.99. The summed E-state index contributed by atoms with van der Waals surface area (Å²) in [4.78, 5) is 4.26. The minimum Gasteiger partial charge on any atom is -0.360 e. The Morgan fingerprint density at radius 2 is 2.11 bits per heavy atom. The molecule has 0 spiro atoms. The van der Waals surface area contributed by atoms with E-state index in [0.717, 1.165) is 22.2 Å². The van der Waals surface area contributed by atoms with Gasteiger partial charge in [0.05, 0.1) is 5.52 Å². The molecule has 1 heterocycles. The van der Waals surface area contributed by atoms with Crippen LogP contribution in [-0.4, -0.2) is 4.98 Å². The summed E-state index contributed by atoms with van der Waals surface area (Å²) in [6.07, 6.45) is 3.13. The molecule has 18 heavy (non-hydrogen) atoms. The highest BCUT2D eigenvalue weighted by Crippen LogP contribution is 2.22. The number of allylic oxidation sites excluding steroid dienone is 1. The molecule has 2 aromatic rings. The third-order valence-electron chi connectivity index (χ3n) is 2.56. The number of nitriles is 2. The summed E-state index contributed by atoms with van der Waals surface area (Å²) in [5, 5.41) is 21.3. The molecule has 0 bridgehead atoms. The Kier molecular flexibility index (Phi) is 3.22. The summed E-state index contributed by atoms with van der Waals surface area (Å²) in [5.41, 5.74) is 2.77. The van der Waals surface area contributed by atoms with Gasteiger partial charge in [0.2, 0.25) is 0 Å². The highest BCUT2D eigenvalue weighted by Gasteiger charge is 2.01. The van der Waals surface area contributed by atoms with Crippen LogP contribution in [0.3, 0.4) is 0 Å². The third-order valence-corrected chi connectivity index (χ3v) is 2.56. The number of hydrogen-bond donors (Lipinski definition) is 1. The van der Waals surface area contributed by atoms with Gasteiger partial charge in [-0.2, -0.15) is 10.5 Å². The van der Waals surface area contributed by atoms with Crippen LogP contribution in [0, 0.1) is 29.6 Å². The largest absolute Gasteiger partial charge is 0.360 e. The van der Waals surface area contributed by atoms with Crippen molar-refractivity contribution in [2.45, 2.75) is 6.92 Å². The molecule has 1 aromatic heterocycles. The van der Waals surface area contributed by atoms with Crippen molar-refractivity contribution >= 4 is 16.6 Å². The number of anilines is 1. The van der Waals surface area contributed by atoms with E-state index in [4.69, 9.17) is 10.5 Å². The van der Waals surface area contributed by atoms with Crippen LogP contribution in [0.5, 0.6) is 0 Å². The van der Waals surface area contributed by atoms with Crippen LogP contribution in [0.25, 0.3) is 10.9 Å². The smallest absolute Gasteiger partial charge is 0.145 e. The van der Waals surface area contributed by atoms with Crippen LogP contribution in [0.1, 0.15) is 5.56 Å². The molecule has 0 amide bonds. The number of nitrogens with zero attached hydrogens (tertiary/aromatic N) is 3. The SMILES string of the molecule is Cc1cc2cccnc2cc1NC=C(C#N)C#N. The molecule has 0 atom stereocenters. The minimum atomic E-state index is 0.0375. The molecule has 86 valence electrons. The number of benzene rings is 1. The fraction of sp³-hybridized carbons (Fsp3) is 0.0714. The van der Waals surface area contributed by atoms with Crippen molar-refractivity contribution < 1.29 is 0 Å². The maximum Gasteiger partial charge on any atom is 0.145 e. The van der Waals surface area contributed by atoms with Crippen molar-refractivity contribution in [3.63, 3.8) is 0 Å². The highest BCUT2D eigenvalue weighted by atomic mass is 14.8. The van der Waals surface area contributed by atoms with Gasteiger partial charge in [-0.1, -0.05) is 6.07 Å². The van der Waals surface area contributed by atoms with E-state index in [9.17, 15) is 0 Å². The molecule has 0 radical (unpaired) electrons. The number of nitrogens with one attached hydrogen (secondary N) is 1. The lowest BCUT2D eigenvalue weighted by atomic mass is 10.1.